The molecule has 0 amide bonds. The topological polar surface area (TPSA) is 0 Å². The molecule has 0 saturated carbocycles. The van der Waals surface area contributed by atoms with Gasteiger partial charge in [0.15, 0.2) is 0 Å². The molecular formula is C41H38BP. The number of fused-ring (bicyclic) bond motifs is 1. The average Bonchev–Trinajstić information content (AvgIpc) is 3.27. The predicted octanol–water partition coefficient (Wildman–Crippen LogP) is 10.1. The Hall–Kier alpha value is -4.19. The molecule has 1 aliphatic carbocycles. The molecule has 0 nitrogen and oxygen atoms in total. The zero-order chi connectivity index (χ0) is 30.4. The summed E-state index contributed by atoms with van der Waals surface area (Å²) in [5.74, 6) is 0. The highest BCUT2D eigenvalue weighted by Crippen LogP contribution is 2.45. The third-order valence-corrected chi connectivity index (χ3v) is 9.32. The van der Waals surface area contributed by atoms with Crippen molar-refractivity contribution in [3.05, 3.63) is 169 Å². The summed E-state index contributed by atoms with van der Waals surface area (Å²) < 4.78 is 0. The van der Waals surface area contributed by atoms with Crippen LogP contribution in [0.2, 0.25) is 0 Å². The minimum Gasteiger partial charge on any atom is -0.0990 e. The maximum Gasteiger partial charge on any atom is 0.113 e. The Morgan fingerprint density at radius 3 is 2.23 bits per heavy atom. The van der Waals surface area contributed by atoms with Gasteiger partial charge in [0.2, 0.25) is 0 Å². The molecular weight excluding hydrogens is 534 g/mol. The lowest BCUT2D eigenvalue weighted by molar-refractivity contribution is 0.563. The highest BCUT2D eigenvalue weighted by atomic mass is 31.1. The van der Waals surface area contributed by atoms with Crippen LogP contribution in [0.3, 0.4) is 0 Å². The second kappa shape index (κ2) is 13.4. The summed E-state index contributed by atoms with van der Waals surface area (Å²) in [5, 5.41) is 2.57. The minimum atomic E-state index is 0.0719. The van der Waals surface area contributed by atoms with Crippen molar-refractivity contribution in [2.45, 2.75) is 32.6 Å². The van der Waals surface area contributed by atoms with E-state index in [0.29, 0.717) is 8.58 Å². The second-order valence-electron chi connectivity index (χ2n) is 11.6. The summed E-state index contributed by atoms with van der Waals surface area (Å²) in [6.45, 7) is 14.7. The molecule has 0 spiro atoms. The van der Waals surface area contributed by atoms with E-state index in [0.717, 1.165) is 23.0 Å². The molecule has 1 atom stereocenters. The van der Waals surface area contributed by atoms with E-state index in [1.807, 2.05) is 18.2 Å². The fourth-order valence-corrected chi connectivity index (χ4v) is 7.19. The van der Waals surface area contributed by atoms with E-state index >= 15 is 0 Å². The van der Waals surface area contributed by atoms with Crippen LogP contribution in [0.1, 0.15) is 43.9 Å². The number of allylic oxidation sites excluding steroid dienone is 10. The fraction of sp³-hybridized carbons (Fsp3) is 0.122. The van der Waals surface area contributed by atoms with Crippen LogP contribution in [0.4, 0.5) is 0 Å². The van der Waals surface area contributed by atoms with Crippen molar-refractivity contribution in [2.75, 3.05) is 0 Å². The van der Waals surface area contributed by atoms with Crippen LogP contribution in [-0.2, 0) is 5.41 Å². The maximum absolute atomic E-state index is 6.11. The molecule has 4 aromatic rings. The predicted molar refractivity (Wildman–Crippen MR) is 194 cm³/mol. The van der Waals surface area contributed by atoms with Gasteiger partial charge >= 0.3 is 0 Å². The lowest BCUT2D eigenvalue weighted by Crippen LogP contribution is -2.14. The van der Waals surface area contributed by atoms with Crippen molar-refractivity contribution in [2.24, 2.45) is 0 Å². The van der Waals surface area contributed by atoms with E-state index in [2.05, 4.69) is 149 Å². The van der Waals surface area contributed by atoms with Gasteiger partial charge in [-0.3, -0.25) is 0 Å². The van der Waals surface area contributed by atoms with Crippen LogP contribution in [0, 0.1) is 0 Å². The first-order valence-corrected chi connectivity index (χ1v) is 15.8. The van der Waals surface area contributed by atoms with E-state index in [1.54, 1.807) is 0 Å². The molecule has 2 radical (unpaired) electrons. The molecule has 1 aliphatic rings. The molecule has 210 valence electrons. The van der Waals surface area contributed by atoms with Crippen LogP contribution < -0.4 is 10.8 Å². The molecule has 5 rings (SSSR count). The summed E-state index contributed by atoms with van der Waals surface area (Å²) in [5.41, 5.74) is 12.0. The zero-order valence-electron chi connectivity index (χ0n) is 25.4. The van der Waals surface area contributed by atoms with Gasteiger partial charge in [-0.05, 0) is 85.5 Å². The first-order chi connectivity index (χ1) is 20.8. The van der Waals surface area contributed by atoms with Gasteiger partial charge in [0.05, 0.1) is 0 Å². The molecule has 0 fully saturated rings. The average molecular weight is 573 g/mol. The molecule has 0 saturated heterocycles. The van der Waals surface area contributed by atoms with Gasteiger partial charge in [0.25, 0.3) is 0 Å². The molecule has 0 heterocycles. The number of rotatable bonds is 9. The highest BCUT2D eigenvalue weighted by Gasteiger charge is 2.32. The van der Waals surface area contributed by atoms with Gasteiger partial charge in [0, 0.05) is 0 Å². The van der Waals surface area contributed by atoms with Crippen LogP contribution in [-0.4, -0.2) is 7.85 Å². The first-order valence-electron chi connectivity index (χ1n) is 14.8. The molecule has 1 unspecified atom stereocenters. The van der Waals surface area contributed by atoms with E-state index in [9.17, 15) is 0 Å². The van der Waals surface area contributed by atoms with Crippen molar-refractivity contribution in [1.82, 2.24) is 0 Å². The standard InChI is InChI=1S/C41H38BP/c1-6-12-36(13-7-2)43-40-26-33(30-14-10-9-11-15-30)22-24-38(40)32-19-17-31(18-20-32)29(8-3)16-21-34-28-41(4,5)39-27-35(42)23-25-37(34)39/h6-27,43H,1,3,28H2,2,4-5H3/b13-7-,29-16+,34-21+,36-12+. The second-order valence-corrected chi connectivity index (χ2v) is 12.9. The molecule has 0 N–H and O–H groups in total. The Labute approximate surface area is 261 Å². The molecule has 0 bridgehead atoms. The van der Waals surface area contributed by atoms with Crippen molar-refractivity contribution in [3.8, 4) is 22.3 Å². The fourth-order valence-electron chi connectivity index (χ4n) is 5.84. The van der Waals surface area contributed by atoms with E-state index in [-0.39, 0.29) is 5.41 Å². The Morgan fingerprint density at radius 1 is 0.814 bits per heavy atom. The SMILES string of the molecule is [B]c1ccc2c(c1)C(C)(C)C/C2=C\C=C(/C=C)c1ccc(-c2ccc(-c3ccccc3)cc2PC(/C=C\C)=C/C=C)cc1. The monoisotopic (exact) mass is 572 g/mol. The van der Waals surface area contributed by atoms with E-state index < -0.39 is 0 Å². The largest absolute Gasteiger partial charge is 0.113 e. The summed E-state index contributed by atoms with van der Waals surface area (Å²) in [6.07, 6.45) is 15.6. The van der Waals surface area contributed by atoms with Gasteiger partial charge in [-0.15, -0.1) is 0 Å². The molecule has 0 aliphatic heterocycles. The van der Waals surface area contributed by atoms with Crippen molar-refractivity contribution < 1.29 is 0 Å². The lowest BCUT2D eigenvalue weighted by Gasteiger charge is -2.18. The smallest absolute Gasteiger partial charge is 0.0990 e. The normalized spacial score (nSPS) is 15.8. The van der Waals surface area contributed by atoms with Crippen molar-refractivity contribution >= 4 is 38.3 Å². The van der Waals surface area contributed by atoms with Gasteiger partial charge in [-0.2, -0.15) is 0 Å². The number of hydrogen-bond acceptors (Lipinski definition) is 0. The summed E-state index contributed by atoms with van der Waals surface area (Å²) in [4.78, 5) is 0. The third kappa shape index (κ3) is 6.90. The molecule has 2 heteroatoms. The number of benzene rings is 4. The molecule has 4 aromatic carbocycles. The lowest BCUT2D eigenvalue weighted by atomic mass is 9.83. The van der Waals surface area contributed by atoms with Gasteiger partial charge in [0.1, 0.15) is 7.85 Å². The molecule has 0 aromatic heterocycles. The van der Waals surface area contributed by atoms with Gasteiger partial charge < -0.3 is 0 Å². The van der Waals surface area contributed by atoms with Crippen LogP contribution in [0.15, 0.2) is 152 Å². The van der Waals surface area contributed by atoms with E-state index in [1.165, 1.54) is 49.6 Å². The quantitative estimate of drug-likeness (QED) is 0.106. The minimum absolute atomic E-state index is 0.0719. The first kappa shape index (κ1) is 30.3. The Kier molecular flexibility index (Phi) is 9.44. The molecule has 43 heavy (non-hydrogen) atoms. The maximum atomic E-state index is 6.11. The van der Waals surface area contributed by atoms with Gasteiger partial charge in [-0.1, -0.05) is 169 Å². The Balaban J connectivity index is 1.48. The summed E-state index contributed by atoms with van der Waals surface area (Å²) in [7, 11) is 6.62. The van der Waals surface area contributed by atoms with Crippen LogP contribution in [0.5, 0.6) is 0 Å². The van der Waals surface area contributed by atoms with Crippen molar-refractivity contribution in [3.63, 3.8) is 0 Å². The van der Waals surface area contributed by atoms with Crippen LogP contribution in [0.25, 0.3) is 33.4 Å². The van der Waals surface area contributed by atoms with Crippen molar-refractivity contribution in [1.29, 1.82) is 0 Å². The summed E-state index contributed by atoms with van der Waals surface area (Å²) in [6, 6.07) is 32.6. The van der Waals surface area contributed by atoms with Crippen LogP contribution >= 0.6 is 8.58 Å². The highest BCUT2D eigenvalue weighted by molar-refractivity contribution is 7.52. The Morgan fingerprint density at radius 2 is 1.53 bits per heavy atom. The third-order valence-electron chi connectivity index (χ3n) is 8.01. The summed E-state index contributed by atoms with van der Waals surface area (Å²) >= 11 is 0. The van der Waals surface area contributed by atoms with Gasteiger partial charge in [-0.25, -0.2) is 0 Å². The Bertz CT molecular complexity index is 1760. The zero-order valence-corrected chi connectivity index (χ0v) is 26.4. The van der Waals surface area contributed by atoms with E-state index in [4.69, 9.17) is 7.85 Å². The number of hydrogen-bond donors (Lipinski definition) is 0.